The third-order valence-electron chi connectivity index (χ3n) is 4.76. The number of ether oxygens (including phenoxy) is 2. The average molecular weight is 271 g/mol. The second-order valence-electron chi connectivity index (χ2n) is 6.19. The van der Waals surface area contributed by atoms with Gasteiger partial charge in [-0.05, 0) is 46.7 Å². The first-order valence-corrected chi connectivity index (χ1v) is 7.72. The van der Waals surface area contributed by atoms with Crippen LogP contribution in [-0.2, 0) is 9.47 Å². The minimum atomic E-state index is -0.155. The van der Waals surface area contributed by atoms with E-state index in [1.54, 1.807) is 0 Å². The van der Waals surface area contributed by atoms with Crippen LogP contribution in [0.5, 0.6) is 0 Å². The summed E-state index contributed by atoms with van der Waals surface area (Å²) < 4.78 is 11.4. The Morgan fingerprint density at radius 3 is 2.53 bits per heavy atom. The molecule has 1 heterocycles. The molecule has 1 saturated carbocycles. The van der Waals surface area contributed by atoms with Gasteiger partial charge in [-0.25, -0.2) is 0 Å². The fourth-order valence-corrected chi connectivity index (χ4v) is 3.43. The Balaban J connectivity index is 1.75. The third kappa shape index (κ3) is 3.30. The first-order chi connectivity index (χ1) is 9.08. The predicted octanol–water partition coefficient (Wildman–Crippen LogP) is 1.66. The maximum Gasteiger partial charge on any atom is 0.0681 e. The Hall–Kier alpha value is -0.160. The van der Waals surface area contributed by atoms with Gasteiger partial charge in [0.2, 0.25) is 0 Å². The molecule has 2 unspecified atom stereocenters. The Bertz CT molecular complexity index is 273. The normalized spacial score (nSPS) is 30.8. The molecule has 19 heavy (non-hydrogen) atoms. The van der Waals surface area contributed by atoms with E-state index in [1.807, 2.05) is 6.92 Å². The Morgan fingerprint density at radius 2 is 2.00 bits per heavy atom. The molecule has 0 aromatic heterocycles. The summed E-state index contributed by atoms with van der Waals surface area (Å²) in [6.07, 6.45) is 3.37. The zero-order chi connectivity index (χ0) is 13.9. The van der Waals surface area contributed by atoms with Crippen LogP contribution < -0.4 is 0 Å². The zero-order valence-electron chi connectivity index (χ0n) is 12.6. The van der Waals surface area contributed by atoms with E-state index in [1.165, 1.54) is 0 Å². The molecule has 2 fully saturated rings. The highest BCUT2D eigenvalue weighted by atomic mass is 16.5. The minimum absolute atomic E-state index is 0.0470. The lowest BCUT2D eigenvalue weighted by Crippen LogP contribution is -2.62. The molecular weight excluding hydrogens is 242 g/mol. The van der Waals surface area contributed by atoms with Gasteiger partial charge in [-0.1, -0.05) is 0 Å². The molecule has 0 aromatic rings. The summed E-state index contributed by atoms with van der Waals surface area (Å²) in [4.78, 5) is 2.45. The highest BCUT2D eigenvalue weighted by Crippen LogP contribution is 2.50. The Labute approximate surface area is 117 Å². The van der Waals surface area contributed by atoms with E-state index in [2.05, 4.69) is 18.7 Å². The van der Waals surface area contributed by atoms with E-state index in [9.17, 15) is 5.11 Å². The molecule has 4 heteroatoms. The van der Waals surface area contributed by atoms with Crippen LogP contribution in [0.2, 0.25) is 0 Å². The predicted molar refractivity (Wildman–Crippen MR) is 75.2 cm³/mol. The monoisotopic (exact) mass is 271 g/mol. The lowest BCUT2D eigenvalue weighted by Gasteiger charge is -2.56. The molecule has 0 radical (unpaired) electrons. The molecular formula is C15H29NO3. The number of hydrogen-bond donors (Lipinski definition) is 1. The van der Waals surface area contributed by atoms with Crippen molar-refractivity contribution >= 4 is 0 Å². The number of rotatable bonds is 6. The standard InChI is InChI=1S/C15H29NO3/c1-4-18-14-11-13(17)15(14)5-7-16(8-6-15)9-10-19-12(2)3/h12-14,17H,4-11H2,1-3H3. The lowest BCUT2D eigenvalue weighted by atomic mass is 9.58. The summed E-state index contributed by atoms with van der Waals surface area (Å²) in [6.45, 7) is 10.9. The van der Waals surface area contributed by atoms with Crippen LogP contribution in [0.3, 0.4) is 0 Å². The molecule has 1 aliphatic carbocycles. The van der Waals surface area contributed by atoms with Crippen molar-refractivity contribution in [2.45, 2.75) is 58.3 Å². The molecule has 0 aromatic carbocycles. The first kappa shape index (κ1) is 15.2. The van der Waals surface area contributed by atoms with E-state index < -0.39 is 0 Å². The molecule has 2 rings (SSSR count). The maximum atomic E-state index is 10.1. The fourth-order valence-electron chi connectivity index (χ4n) is 3.43. The van der Waals surface area contributed by atoms with Crippen molar-refractivity contribution in [2.24, 2.45) is 5.41 Å². The minimum Gasteiger partial charge on any atom is -0.392 e. The second-order valence-corrected chi connectivity index (χ2v) is 6.19. The number of aliphatic hydroxyl groups excluding tert-OH is 1. The Kier molecular flexibility index (Phi) is 5.23. The highest BCUT2D eigenvalue weighted by Gasteiger charge is 2.55. The molecule has 2 aliphatic rings. The molecule has 1 N–H and O–H groups in total. The van der Waals surface area contributed by atoms with Gasteiger partial charge in [-0.3, -0.25) is 0 Å². The second kappa shape index (κ2) is 6.53. The SMILES string of the molecule is CCOC1CC(O)C12CCN(CCOC(C)C)CC2. The van der Waals surface area contributed by atoms with Crippen molar-refractivity contribution < 1.29 is 14.6 Å². The molecule has 0 bridgehead atoms. The van der Waals surface area contributed by atoms with Gasteiger partial charge in [0.1, 0.15) is 0 Å². The van der Waals surface area contributed by atoms with Crippen LogP contribution in [0.4, 0.5) is 0 Å². The average Bonchev–Trinajstić information content (AvgIpc) is 2.39. The largest absolute Gasteiger partial charge is 0.392 e. The molecule has 1 aliphatic heterocycles. The molecule has 112 valence electrons. The van der Waals surface area contributed by atoms with Crippen molar-refractivity contribution in [3.05, 3.63) is 0 Å². The number of nitrogens with zero attached hydrogens (tertiary/aromatic N) is 1. The first-order valence-electron chi connectivity index (χ1n) is 7.72. The van der Waals surface area contributed by atoms with Crippen molar-refractivity contribution in [3.8, 4) is 0 Å². The summed E-state index contributed by atoms with van der Waals surface area (Å²) in [5.74, 6) is 0. The van der Waals surface area contributed by atoms with Gasteiger partial charge in [0.25, 0.3) is 0 Å². The molecule has 1 saturated heterocycles. The van der Waals surface area contributed by atoms with E-state index in [-0.39, 0.29) is 17.6 Å². The van der Waals surface area contributed by atoms with Gasteiger partial charge >= 0.3 is 0 Å². The summed E-state index contributed by atoms with van der Waals surface area (Å²) in [5, 5.41) is 10.1. The van der Waals surface area contributed by atoms with Crippen LogP contribution in [0.1, 0.15) is 40.0 Å². The fraction of sp³-hybridized carbons (Fsp3) is 1.00. The van der Waals surface area contributed by atoms with Gasteiger partial charge in [-0.15, -0.1) is 0 Å². The highest BCUT2D eigenvalue weighted by molar-refractivity contribution is 5.06. The van der Waals surface area contributed by atoms with Crippen molar-refractivity contribution in [1.29, 1.82) is 0 Å². The number of piperidine rings is 1. The summed E-state index contributed by atoms with van der Waals surface area (Å²) in [6, 6.07) is 0. The van der Waals surface area contributed by atoms with Gasteiger partial charge in [0.15, 0.2) is 0 Å². The topological polar surface area (TPSA) is 41.9 Å². The maximum absolute atomic E-state index is 10.1. The van der Waals surface area contributed by atoms with Gasteiger partial charge < -0.3 is 19.5 Å². The molecule has 2 atom stereocenters. The molecule has 0 amide bonds. The van der Waals surface area contributed by atoms with Crippen LogP contribution in [-0.4, -0.2) is 61.2 Å². The summed E-state index contributed by atoms with van der Waals surface area (Å²) >= 11 is 0. The Morgan fingerprint density at radius 1 is 1.32 bits per heavy atom. The zero-order valence-corrected chi connectivity index (χ0v) is 12.6. The molecule has 4 nitrogen and oxygen atoms in total. The number of aliphatic hydroxyl groups is 1. The van der Waals surface area contributed by atoms with E-state index in [0.29, 0.717) is 6.10 Å². The number of hydrogen-bond acceptors (Lipinski definition) is 4. The quantitative estimate of drug-likeness (QED) is 0.798. The van der Waals surface area contributed by atoms with Crippen LogP contribution in [0.15, 0.2) is 0 Å². The smallest absolute Gasteiger partial charge is 0.0681 e. The van der Waals surface area contributed by atoms with Gasteiger partial charge in [0, 0.05) is 25.0 Å². The van der Waals surface area contributed by atoms with Crippen molar-refractivity contribution in [2.75, 3.05) is 32.8 Å². The van der Waals surface area contributed by atoms with Crippen molar-refractivity contribution in [3.63, 3.8) is 0 Å². The van der Waals surface area contributed by atoms with Crippen LogP contribution in [0.25, 0.3) is 0 Å². The van der Waals surface area contributed by atoms with Gasteiger partial charge in [-0.2, -0.15) is 0 Å². The van der Waals surface area contributed by atoms with Crippen LogP contribution >= 0.6 is 0 Å². The van der Waals surface area contributed by atoms with Crippen LogP contribution in [0, 0.1) is 5.41 Å². The lowest BCUT2D eigenvalue weighted by molar-refractivity contribution is -0.209. The van der Waals surface area contributed by atoms with Gasteiger partial charge in [0.05, 0.1) is 24.9 Å². The summed E-state index contributed by atoms with van der Waals surface area (Å²) in [7, 11) is 0. The van der Waals surface area contributed by atoms with E-state index in [4.69, 9.17) is 9.47 Å². The third-order valence-corrected chi connectivity index (χ3v) is 4.76. The summed E-state index contributed by atoms with van der Waals surface area (Å²) in [5.41, 5.74) is 0.0470. The molecule has 1 spiro atoms. The van der Waals surface area contributed by atoms with E-state index in [0.717, 1.165) is 52.1 Å². The van der Waals surface area contributed by atoms with E-state index >= 15 is 0 Å². The number of likely N-dealkylation sites (tertiary alicyclic amines) is 1. The van der Waals surface area contributed by atoms with Crippen molar-refractivity contribution in [1.82, 2.24) is 4.90 Å².